The molecule has 0 bridgehead atoms. The highest BCUT2D eigenvalue weighted by Crippen LogP contribution is 2.54. The molecule has 2 heterocycles. The van der Waals surface area contributed by atoms with E-state index in [0.717, 1.165) is 0 Å². The molecule has 2 aliphatic heterocycles. The number of nitrogens with zero attached hydrogens (tertiary/aromatic N) is 2. The first-order valence-electron chi connectivity index (χ1n) is 7.97. The first-order valence-corrected chi connectivity index (χ1v) is 7.97. The van der Waals surface area contributed by atoms with Gasteiger partial charge in [0.1, 0.15) is 28.3 Å². The second-order valence-corrected chi connectivity index (χ2v) is 7.45. The fraction of sp³-hybridized carbons (Fsp3) is 0.556. The fourth-order valence-corrected chi connectivity index (χ4v) is 3.89. The summed E-state index contributed by atoms with van der Waals surface area (Å²) in [6, 6.07) is 8.45. The Bertz CT molecular complexity index is 737. The van der Waals surface area contributed by atoms with Crippen LogP contribution in [0.5, 0.6) is 0 Å². The van der Waals surface area contributed by atoms with E-state index in [2.05, 4.69) is 11.1 Å². The molecular weight excluding hydrogens is 312 g/mol. The summed E-state index contributed by atoms with van der Waals surface area (Å²) in [6.07, 6.45) is -0.521. The van der Waals surface area contributed by atoms with Crippen molar-refractivity contribution in [3.63, 3.8) is 0 Å². The molecule has 0 aliphatic carbocycles. The van der Waals surface area contributed by atoms with Gasteiger partial charge in [-0.3, -0.25) is 4.99 Å². The van der Waals surface area contributed by atoms with Gasteiger partial charge in [0.2, 0.25) is 0 Å². The van der Waals surface area contributed by atoms with Crippen molar-refractivity contribution >= 4 is 5.84 Å². The van der Waals surface area contributed by atoms with Crippen LogP contribution in [0.3, 0.4) is 0 Å². The van der Waals surface area contributed by atoms with Crippen LogP contribution in [0.25, 0.3) is 0 Å². The van der Waals surface area contributed by atoms with E-state index in [0.29, 0.717) is 5.56 Å². The summed E-state index contributed by atoms with van der Waals surface area (Å²) < 4.78 is 35.0. The number of hydrogen-bond acceptors (Lipinski definition) is 4. The first kappa shape index (κ1) is 16.8. The fourth-order valence-electron chi connectivity index (χ4n) is 3.89. The summed E-state index contributed by atoms with van der Waals surface area (Å²) in [5.74, 6) is -0.766. The predicted octanol–water partition coefficient (Wildman–Crippen LogP) is 3.07. The maximum Gasteiger partial charge on any atom is 0.131 e. The molecule has 2 N–H and O–H groups in total. The lowest BCUT2D eigenvalue weighted by Gasteiger charge is -2.43. The van der Waals surface area contributed by atoms with Gasteiger partial charge in [-0.15, -0.1) is 0 Å². The number of benzene rings is 1. The van der Waals surface area contributed by atoms with Crippen molar-refractivity contribution in [3.05, 3.63) is 35.6 Å². The third-order valence-electron chi connectivity index (χ3n) is 5.24. The Balaban J connectivity index is 2.22. The average molecular weight is 333 g/mol. The van der Waals surface area contributed by atoms with E-state index in [-0.39, 0.29) is 18.9 Å². The molecule has 1 fully saturated rings. The van der Waals surface area contributed by atoms with E-state index in [9.17, 15) is 14.0 Å². The summed E-state index contributed by atoms with van der Waals surface area (Å²) in [7, 11) is 0. The standard InChI is InChI=1S/C18H21F2N3O/c1-16(2,20)14-12-8-17(3,9-21)15(22)23-18(12,10-24-14)11-6-4-5-7-13(11)19/h4-7,12,14H,8,10H2,1-3H3,(H2,22,23)/t12-,14?,17+,18-/m1/s1. The first-order chi connectivity index (χ1) is 11.1. The molecule has 1 aromatic carbocycles. The second-order valence-electron chi connectivity index (χ2n) is 7.45. The number of amidine groups is 1. The quantitative estimate of drug-likeness (QED) is 0.904. The molecule has 1 saturated heterocycles. The molecule has 24 heavy (non-hydrogen) atoms. The molecule has 4 nitrogen and oxygen atoms in total. The zero-order valence-corrected chi connectivity index (χ0v) is 14.0. The predicted molar refractivity (Wildman–Crippen MR) is 86.5 cm³/mol. The van der Waals surface area contributed by atoms with E-state index in [1.165, 1.54) is 19.9 Å². The molecule has 1 aromatic rings. The zero-order chi connectivity index (χ0) is 17.8. The highest BCUT2D eigenvalue weighted by molar-refractivity contribution is 5.90. The van der Waals surface area contributed by atoms with Crippen LogP contribution in [-0.4, -0.2) is 24.2 Å². The highest BCUT2D eigenvalue weighted by Gasteiger charge is 2.61. The minimum atomic E-state index is -1.64. The Morgan fingerprint density at radius 1 is 1.42 bits per heavy atom. The zero-order valence-electron chi connectivity index (χ0n) is 14.0. The van der Waals surface area contributed by atoms with E-state index in [4.69, 9.17) is 10.5 Å². The number of rotatable bonds is 2. The number of hydrogen-bond donors (Lipinski definition) is 1. The summed E-state index contributed by atoms with van der Waals surface area (Å²) in [6.45, 7) is 4.58. The van der Waals surface area contributed by atoms with Gasteiger partial charge < -0.3 is 10.5 Å². The van der Waals surface area contributed by atoms with Crippen LogP contribution in [0, 0.1) is 28.5 Å². The van der Waals surface area contributed by atoms with Crippen LogP contribution in [0.15, 0.2) is 29.3 Å². The smallest absolute Gasteiger partial charge is 0.131 e. The number of fused-ring (bicyclic) bond motifs is 1. The molecule has 2 aliphatic rings. The lowest BCUT2D eigenvalue weighted by molar-refractivity contribution is -0.0285. The van der Waals surface area contributed by atoms with Crippen LogP contribution < -0.4 is 5.73 Å². The number of nitriles is 1. The van der Waals surface area contributed by atoms with Crippen molar-refractivity contribution in [3.8, 4) is 6.07 Å². The van der Waals surface area contributed by atoms with E-state index < -0.39 is 34.5 Å². The number of halogens is 2. The van der Waals surface area contributed by atoms with Crippen molar-refractivity contribution in [1.82, 2.24) is 0 Å². The molecule has 6 heteroatoms. The van der Waals surface area contributed by atoms with Crippen molar-refractivity contribution in [2.45, 2.75) is 44.5 Å². The minimum Gasteiger partial charge on any atom is -0.386 e. The summed E-state index contributed by atoms with van der Waals surface area (Å²) in [5, 5.41) is 9.52. The molecule has 0 amide bonds. The second kappa shape index (κ2) is 5.25. The van der Waals surface area contributed by atoms with Crippen molar-refractivity contribution in [1.29, 1.82) is 5.26 Å². The van der Waals surface area contributed by atoms with Gasteiger partial charge >= 0.3 is 0 Å². The Morgan fingerprint density at radius 3 is 2.67 bits per heavy atom. The SMILES string of the molecule is CC(C)(F)C1OC[C@]2(c3ccccc3F)N=C(N)[C@](C)(C#N)C[C@H]12. The molecule has 0 aromatic heterocycles. The van der Waals surface area contributed by atoms with Crippen molar-refractivity contribution in [2.24, 2.45) is 22.1 Å². The van der Waals surface area contributed by atoms with Crippen LogP contribution in [-0.2, 0) is 10.3 Å². The minimum absolute atomic E-state index is 0.0405. The maximum absolute atomic E-state index is 14.7. The van der Waals surface area contributed by atoms with E-state index in [1.54, 1.807) is 25.1 Å². The molecule has 1 unspecified atom stereocenters. The van der Waals surface area contributed by atoms with Crippen LogP contribution in [0.4, 0.5) is 8.78 Å². The average Bonchev–Trinajstić information content (AvgIpc) is 2.87. The van der Waals surface area contributed by atoms with Crippen molar-refractivity contribution < 1.29 is 13.5 Å². The van der Waals surface area contributed by atoms with Crippen LogP contribution in [0.2, 0.25) is 0 Å². The Kier molecular flexibility index (Phi) is 3.68. The van der Waals surface area contributed by atoms with Crippen molar-refractivity contribution in [2.75, 3.05) is 6.61 Å². The number of alkyl halides is 1. The lowest BCUT2D eigenvalue weighted by atomic mass is 9.65. The van der Waals surface area contributed by atoms with Gasteiger partial charge in [-0.25, -0.2) is 8.78 Å². The van der Waals surface area contributed by atoms with Gasteiger partial charge in [0.05, 0.1) is 18.8 Å². The molecule has 3 rings (SSSR count). The Hall–Kier alpha value is -2.00. The maximum atomic E-state index is 14.7. The Morgan fingerprint density at radius 2 is 2.08 bits per heavy atom. The number of ether oxygens (including phenoxy) is 1. The highest BCUT2D eigenvalue weighted by atomic mass is 19.1. The Labute approximate surface area is 140 Å². The normalized spacial score (nSPS) is 35.9. The summed E-state index contributed by atoms with van der Waals surface area (Å²) in [4.78, 5) is 4.53. The molecule has 4 atom stereocenters. The van der Waals surface area contributed by atoms with Gasteiger partial charge in [0, 0.05) is 11.5 Å². The number of nitrogens with two attached hydrogens (primary N) is 1. The molecule has 0 radical (unpaired) electrons. The van der Waals surface area contributed by atoms with Gasteiger partial charge in [-0.1, -0.05) is 18.2 Å². The van der Waals surface area contributed by atoms with Gasteiger partial charge in [0.15, 0.2) is 0 Å². The summed E-state index contributed by atoms with van der Waals surface area (Å²) >= 11 is 0. The number of aliphatic imine (C=N–C) groups is 1. The van der Waals surface area contributed by atoms with Crippen LogP contribution in [0.1, 0.15) is 32.8 Å². The van der Waals surface area contributed by atoms with Gasteiger partial charge in [-0.05, 0) is 33.3 Å². The largest absolute Gasteiger partial charge is 0.386 e. The van der Waals surface area contributed by atoms with E-state index in [1.807, 2.05) is 0 Å². The van der Waals surface area contributed by atoms with Crippen LogP contribution >= 0.6 is 0 Å². The summed E-state index contributed by atoms with van der Waals surface area (Å²) in [5.41, 5.74) is 2.64. The molecule has 0 spiro atoms. The topological polar surface area (TPSA) is 71.4 Å². The lowest BCUT2D eigenvalue weighted by Crippen LogP contribution is -2.52. The third-order valence-corrected chi connectivity index (χ3v) is 5.24. The van der Waals surface area contributed by atoms with Gasteiger partial charge in [-0.2, -0.15) is 5.26 Å². The third kappa shape index (κ3) is 2.30. The van der Waals surface area contributed by atoms with E-state index >= 15 is 0 Å². The molecule has 0 saturated carbocycles. The molecule has 128 valence electrons. The molecular formula is C18H21F2N3O. The van der Waals surface area contributed by atoms with Gasteiger partial charge in [0.25, 0.3) is 0 Å². The monoisotopic (exact) mass is 333 g/mol.